The highest BCUT2D eigenvalue weighted by Gasteiger charge is 2.34. The first-order valence-corrected chi connectivity index (χ1v) is 8.31. The molecule has 2 amide bonds. The maximum atomic E-state index is 12.7. The highest BCUT2D eigenvalue weighted by Crippen LogP contribution is 2.23. The van der Waals surface area contributed by atoms with Crippen LogP contribution in [0.15, 0.2) is 22.8 Å². The number of nitrogens with zero attached hydrogens (tertiary/aromatic N) is 2. The van der Waals surface area contributed by atoms with Gasteiger partial charge in [-0.05, 0) is 38.8 Å². The Morgan fingerprint density at radius 3 is 2.30 bits per heavy atom. The van der Waals surface area contributed by atoms with E-state index in [-0.39, 0.29) is 29.9 Å². The van der Waals surface area contributed by atoms with Crippen LogP contribution in [0.3, 0.4) is 0 Å². The standard InChI is InChI=1S/C17H24N2O4/c1-12-10-19(11-13(2)23-12)16(20)14-5-7-18(8-6-14)17(21)15-4-3-9-22-15/h3-4,9,12-14H,5-8,10-11H2,1-2H3/t12-,13+. The summed E-state index contributed by atoms with van der Waals surface area (Å²) in [4.78, 5) is 28.6. The molecule has 0 bridgehead atoms. The Balaban J connectivity index is 1.54. The van der Waals surface area contributed by atoms with Crippen molar-refractivity contribution in [3.8, 4) is 0 Å². The van der Waals surface area contributed by atoms with Crippen LogP contribution in [0.1, 0.15) is 37.2 Å². The van der Waals surface area contributed by atoms with Crippen molar-refractivity contribution in [3.63, 3.8) is 0 Å². The molecule has 0 spiro atoms. The molecule has 1 aromatic heterocycles. The molecular weight excluding hydrogens is 296 g/mol. The molecule has 1 aromatic rings. The van der Waals surface area contributed by atoms with Crippen LogP contribution in [0.2, 0.25) is 0 Å². The lowest BCUT2D eigenvalue weighted by Crippen LogP contribution is -2.51. The number of carbonyl (C=O) groups excluding carboxylic acids is 2. The third-order valence-electron chi connectivity index (χ3n) is 4.59. The van der Waals surface area contributed by atoms with Crippen molar-refractivity contribution in [3.05, 3.63) is 24.2 Å². The number of furan rings is 1. The third-order valence-corrected chi connectivity index (χ3v) is 4.59. The number of hydrogen-bond acceptors (Lipinski definition) is 4. The normalized spacial score (nSPS) is 26.3. The van der Waals surface area contributed by atoms with Crippen LogP contribution in [0.25, 0.3) is 0 Å². The molecule has 0 aliphatic carbocycles. The smallest absolute Gasteiger partial charge is 0.289 e. The van der Waals surface area contributed by atoms with Gasteiger partial charge in [0, 0.05) is 32.1 Å². The summed E-state index contributed by atoms with van der Waals surface area (Å²) < 4.78 is 10.8. The number of morpholine rings is 1. The Bertz CT molecular complexity index is 539. The van der Waals surface area contributed by atoms with Gasteiger partial charge in [-0.15, -0.1) is 0 Å². The van der Waals surface area contributed by atoms with Gasteiger partial charge >= 0.3 is 0 Å². The lowest BCUT2D eigenvalue weighted by atomic mass is 9.94. The second kappa shape index (κ2) is 6.74. The molecule has 2 saturated heterocycles. The van der Waals surface area contributed by atoms with E-state index in [9.17, 15) is 9.59 Å². The van der Waals surface area contributed by atoms with E-state index < -0.39 is 0 Å². The van der Waals surface area contributed by atoms with Crippen LogP contribution in [0, 0.1) is 5.92 Å². The summed E-state index contributed by atoms with van der Waals surface area (Å²) in [5.41, 5.74) is 0. The van der Waals surface area contributed by atoms with Crippen molar-refractivity contribution < 1.29 is 18.7 Å². The number of amides is 2. The number of piperidine rings is 1. The van der Waals surface area contributed by atoms with Crippen LogP contribution in [-0.4, -0.2) is 60.0 Å². The maximum Gasteiger partial charge on any atom is 0.289 e. The molecule has 3 heterocycles. The zero-order chi connectivity index (χ0) is 16.4. The Morgan fingerprint density at radius 1 is 1.09 bits per heavy atom. The Hall–Kier alpha value is -1.82. The van der Waals surface area contributed by atoms with E-state index in [2.05, 4.69) is 0 Å². The number of carbonyl (C=O) groups is 2. The van der Waals surface area contributed by atoms with E-state index >= 15 is 0 Å². The van der Waals surface area contributed by atoms with E-state index in [1.54, 1.807) is 17.0 Å². The zero-order valence-corrected chi connectivity index (χ0v) is 13.7. The lowest BCUT2D eigenvalue weighted by molar-refractivity contribution is -0.148. The molecule has 126 valence electrons. The van der Waals surface area contributed by atoms with Crippen molar-refractivity contribution >= 4 is 11.8 Å². The maximum absolute atomic E-state index is 12.7. The van der Waals surface area contributed by atoms with Crippen LogP contribution in [0.4, 0.5) is 0 Å². The first-order valence-electron chi connectivity index (χ1n) is 8.31. The predicted molar refractivity (Wildman–Crippen MR) is 83.9 cm³/mol. The van der Waals surface area contributed by atoms with Gasteiger partial charge in [0.25, 0.3) is 5.91 Å². The molecule has 0 N–H and O–H groups in total. The summed E-state index contributed by atoms with van der Waals surface area (Å²) in [5, 5.41) is 0. The summed E-state index contributed by atoms with van der Waals surface area (Å²) in [5.74, 6) is 0.491. The Labute approximate surface area is 136 Å². The minimum Gasteiger partial charge on any atom is -0.459 e. The molecule has 6 nitrogen and oxygen atoms in total. The second-order valence-electron chi connectivity index (χ2n) is 6.54. The molecule has 0 saturated carbocycles. The van der Waals surface area contributed by atoms with Gasteiger partial charge in [0.15, 0.2) is 5.76 Å². The summed E-state index contributed by atoms with van der Waals surface area (Å²) >= 11 is 0. The van der Waals surface area contributed by atoms with Gasteiger partial charge in [-0.3, -0.25) is 9.59 Å². The summed E-state index contributed by atoms with van der Waals surface area (Å²) in [6.45, 7) is 6.53. The SMILES string of the molecule is C[C@@H]1CN(C(=O)C2CCN(C(=O)c3ccco3)CC2)C[C@H](C)O1. The Kier molecular flexibility index (Phi) is 4.71. The molecule has 2 aliphatic heterocycles. The van der Waals surface area contributed by atoms with Crippen LogP contribution in [-0.2, 0) is 9.53 Å². The average molecular weight is 320 g/mol. The second-order valence-corrected chi connectivity index (χ2v) is 6.54. The molecule has 2 aliphatic rings. The van der Waals surface area contributed by atoms with Crippen molar-refractivity contribution in [1.82, 2.24) is 9.80 Å². The lowest BCUT2D eigenvalue weighted by Gasteiger charge is -2.39. The van der Waals surface area contributed by atoms with Gasteiger partial charge in [0.1, 0.15) is 0 Å². The molecule has 0 aromatic carbocycles. The average Bonchev–Trinajstić information content (AvgIpc) is 3.07. The first-order chi connectivity index (χ1) is 11.0. The summed E-state index contributed by atoms with van der Waals surface area (Å²) in [7, 11) is 0. The molecule has 0 radical (unpaired) electrons. The Morgan fingerprint density at radius 2 is 1.74 bits per heavy atom. The van der Waals surface area contributed by atoms with Crippen LogP contribution >= 0.6 is 0 Å². The third kappa shape index (κ3) is 3.58. The fourth-order valence-corrected chi connectivity index (χ4v) is 3.50. The fraction of sp³-hybridized carbons (Fsp3) is 0.647. The van der Waals surface area contributed by atoms with Crippen molar-refractivity contribution in [2.75, 3.05) is 26.2 Å². The molecular formula is C17H24N2O4. The van der Waals surface area contributed by atoms with Crippen molar-refractivity contribution in [1.29, 1.82) is 0 Å². The first kappa shape index (κ1) is 16.1. The highest BCUT2D eigenvalue weighted by molar-refractivity contribution is 5.91. The largest absolute Gasteiger partial charge is 0.459 e. The summed E-state index contributed by atoms with van der Waals surface area (Å²) in [6.07, 6.45) is 3.10. The van der Waals surface area contributed by atoms with Gasteiger partial charge in [0.2, 0.25) is 5.91 Å². The van der Waals surface area contributed by atoms with Crippen molar-refractivity contribution in [2.45, 2.75) is 38.9 Å². The van der Waals surface area contributed by atoms with Gasteiger partial charge in [-0.2, -0.15) is 0 Å². The van der Waals surface area contributed by atoms with E-state index in [4.69, 9.17) is 9.15 Å². The quantitative estimate of drug-likeness (QED) is 0.833. The van der Waals surface area contributed by atoms with E-state index in [1.165, 1.54) is 6.26 Å². The monoisotopic (exact) mass is 320 g/mol. The van der Waals surface area contributed by atoms with Crippen LogP contribution in [0.5, 0.6) is 0 Å². The molecule has 6 heteroatoms. The van der Waals surface area contributed by atoms with E-state index in [1.807, 2.05) is 18.7 Å². The summed E-state index contributed by atoms with van der Waals surface area (Å²) in [6, 6.07) is 3.39. The number of ether oxygens (including phenoxy) is 1. The predicted octanol–water partition coefficient (Wildman–Crippen LogP) is 1.77. The minimum atomic E-state index is -0.0884. The van der Waals surface area contributed by atoms with Gasteiger partial charge in [-0.1, -0.05) is 0 Å². The van der Waals surface area contributed by atoms with Gasteiger partial charge in [-0.25, -0.2) is 0 Å². The fourth-order valence-electron chi connectivity index (χ4n) is 3.50. The minimum absolute atomic E-state index is 0.00755. The molecule has 2 atom stereocenters. The number of hydrogen-bond donors (Lipinski definition) is 0. The van der Waals surface area contributed by atoms with Gasteiger partial charge in [0.05, 0.1) is 18.5 Å². The molecule has 23 heavy (non-hydrogen) atoms. The van der Waals surface area contributed by atoms with Gasteiger partial charge < -0.3 is 19.0 Å². The highest BCUT2D eigenvalue weighted by atomic mass is 16.5. The van der Waals surface area contributed by atoms with E-state index in [0.29, 0.717) is 44.8 Å². The number of rotatable bonds is 2. The van der Waals surface area contributed by atoms with E-state index in [0.717, 1.165) is 0 Å². The van der Waals surface area contributed by atoms with Crippen LogP contribution < -0.4 is 0 Å². The van der Waals surface area contributed by atoms with Crippen molar-refractivity contribution in [2.24, 2.45) is 5.92 Å². The molecule has 2 fully saturated rings. The number of likely N-dealkylation sites (tertiary alicyclic amines) is 1. The molecule has 3 rings (SSSR count). The molecule has 0 unspecified atom stereocenters. The zero-order valence-electron chi connectivity index (χ0n) is 13.7. The topological polar surface area (TPSA) is 63.0 Å².